The summed E-state index contributed by atoms with van der Waals surface area (Å²) in [5, 5.41) is 9.16. The van der Waals surface area contributed by atoms with E-state index in [2.05, 4.69) is 38.3 Å². The lowest BCUT2D eigenvalue weighted by Crippen LogP contribution is -2.22. The van der Waals surface area contributed by atoms with Crippen molar-refractivity contribution in [2.75, 3.05) is 29.9 Å². The van der Waals surface area contributed by atoms with Gasteiger partial charge >= 0.3 is 0 Å². The fourth-order valence-corrected chi connectivity index (χ4v) is 3.88. The van der Waals surface area contributed by atoms with E-state index in [1.807, 2.05) is 29.9 Å². The molecule has 0 unspecified atom stereocenters. The summed E-state index contributed by atoms with van der Waals surface area (Å²) in [5.41, 5.74) is 2.20. The number of fused-ring (bicyclic) bond motifs is 1. The minimum atomic E-state index is 0.621. The molecule has 1 aliphatic rings. The lowest BCUT2D eigenvalue weighted by Gasteiger charge is -2.15. The first kappa shape index (κ1) is 14.4. The maximum absolute atomic E-state index is 4.64. The number of imidazole rings is 1. The average Bonchev–Trinajstić information content (AvgIpc) is 3.20. The lowest BCUT2D eigenvalue weighted by molar-refractivity contribution is 0.621. The summed E-state index contributed by atoms with van der Waals surface area (Å²) >= 11 is 1.67. The van der Waals surface area contributed by atoms with E-state index in [1.165, 1.54) is 12.0 Å². The summed E-state index contributed by atoms with van der Waals surface area (Å²) in [6.45, 7) is 7.10. The molecule has 1 atom stereocenters. The summed E-state index contributed by atoms with van der Waals surface area (Å²) in [6.07, 6.45) is 5.06. The van der Waals surface area contributed by atoms with Crippen LogP contribution < -0.4 is 10.2 Å². The van der Waals surface area contributed by atoms with Crippen molar-refractivity contribution in [2.24, 2.45) is 5.92 Å². The molecule has 0 aromatic carbocycles. The Morgan fingerprint density at radius 3 is 3.04 bits per heavy atom. The van der Waals surface area contributed by atoms with Crippen LogP contribution in [0.4, 0.5) is 10.9 Å². The van der Waals surface area contributed by atoms with Gasteiger partial charge in [-0.05, 0) is 37.8 Å². The van der Waals surface area contributed by atoms with Gasteiger partial charge in [0.05, 0.1) is 11.9 Å². The first-order valence-electron chi connectivity index (χ1n) is 7.92. The summed E-state index contributed by atoms with van der Waals surface area (Å²) in [5.74, 6) is 1.58. The molecule has 0 amide bonds. The van der Waals surface area contributed by atoms with E-state index >= 15 is 0 Å². The molecule has 0 saturated carbocycles. The van der Waals surface area contributed by atoms with Gasteiger partial charge in [-0.25, -0.2) is 14.5 Å². The Morgan fingerprint density at radius 2 is 2.26 bits per heavy atom. The second kappa shape index (κ2) is 5.81. The van der Waals surface area contributed by atoms with Gasteiger partial charge in [-0.3, -0.25) is 0 Å². The second-order valence-corrected chi connectivity index (χ2v) is 7.13. The van der Waals surface area contributed by atoms with Crippen LogP contribution in [0, 0.1) is 19.8 Å². The molecule has 3 aromatic heterocycles. The molecular formula is C16H20N6S. The first-order chi connectivity index (χ1) is 11.2. The smallest absolute Gasteiger partial charge is 0.214 e. The van der Waals surface area contributed by atoms with Crippen molar-refractivity contribution in [2.45, 2.75) is 20.3 Å². The third-order valence-corrected chi connectivity index (χ3v) is 5.18. The normalized spacial score (nSPS) is 18.0. The van der Waals surface area contributed by atoms with Crippen LogP contribution in [0.15, 0.2) is 24.5 Å². The number of nitrogens with zero attached hydrogens (tertiary/aromatic N) is 5. The molecule has 3 aromatic rings. The summed E-state index contributed by atoms with van der Waals surface area (Å²) in [4.78, 5) is 12.2. The van der Waals surface area contributed by atoms with Crippen molar-refractivity contribution < 1.29 is 0 Å². The third kappa shape index (κ3) is 3.01. The minimum Gasteiger partial charge on any atom is -0.370 e. The number of rotatable bonds is 4. The van der Waals surface area contributed by atoms with Crippen molar-refractivity contribution >= 4 is 27.2 Å². The number of pyridine rings is 1. The van der Waals surface area contributed by atoms with E-state index in [1.54, 1.807) is 11.3 Å². The van der Waals surface area contributed by atoms with Crippen LogP contribution in [-0.4, -0.2) is 39.2 Å². The maximum atomic E-state index is 4.64. The highest BCUT2D eigenvalue weighted by molar-refractivity contribution is 7.20. The van der Waals surface area contributed by atoms with Crippen LogP contribution >= 0.6 is 11.3 Å². The molecule has 0 aliphatic carbocycles. The first-order valence-corrected chi connectivity index (χ1v) is 8.73. The molecule has 4 heterocycles. The molecule has 4 rings (SSSR count). The molecule has 0 radical (unpaired) electrons. The molecule has 1 fully saturated rings. The molecule has 1 aliphatic heterocycles. The standard InChI is InChI=1S/C16H20N6S/c1-11-3-4-14(17-7-11)18-8-13-5-6-21(10-13)16-20-22-9-12(2)19-15(22)23-16/h3-4,7,9,13H,5-6,8,10H2,1-2H3,(H,17,18)/t13-/m0/s1. The summed E-state index contributed by atoms with van der Waals surface area (Å²) in [6, 6.07) is 4.13. The number of hydrogen-bond donors (Lipinski definition) is 1. The van der Waals surface area contributed by atoms with E-state index in [0.29, 0.717) is 5.92 Å². The highest BCUT2D eigenvalue weighted by atomic mass is 32.1. The van der Waals surface area contributed by atoms with Gasteiger partial charge < -0.3 is 10.2 Å². The monoisotopic (exact) mass is 328 g/mol. The number of hydrogen-bond acceptors (Lipinski definition) is 6. The fourth-order valence-electron chi connectivity index (χ4n) is 2.92. The van der Waals surface area contributed by atoms with E-state index < -0.39 is 0 Å². The van der Waals surface area contributed by atoms with Gasteiger partial charge in [-0.2, -0.15) is 0 Å². The van der Waals surface area contributed by atoms with Crippen LogP contribution in [0.1, 0.15) is 17.7 Å². The Hall–Kier alpha value is -2.15. The molecule has 7 heteroatoms. The van der Waals surface area contributed by atoms with Crippen LogP contribution in [0.25, 0.3) is 4.96 Å². The van der Waals surface area contributed by atoms with Crippen LogP contribution in [-0.2, 0) is 0 Å². The Morgan fingerprint density at radius 1 is 1.35 bits per heavy atom. The van der Waals surface area contributed by atoms with Crippen LogP contribution in [0.3, 0.4) is 0 Å². The van der Waals surface area contributed by atoms with Crippen molar-refractivity contribution in [1.82, 2.24) is 19.6 Å². The fraction of sp³-hybridized carbons (Fsp3) is 0.438. The van der Waals surface area contributed by atoms with E-state index in [-0.39, 0.29) is 0 Å². The molecule has 1 N–H and O–H groups in total. The minimum absolute atomic E-state index is 0.621. The molecule has 23 heavy (non-hydrogen) atoms. The Bertz CT molecular complexity index is 774. The highest BCUT2D eigenvalue weighted by Crippen LogP contribution is 2.28. The van der Waals surface area contributed by atoms with Gasteiger partial charge in [0.1, 0.15) is 5.82 Å². The quantitative estimate of drug-likeness (QED) is 0.798. The van der Waals surface area contributed by atoms with Crippen molar-refractivity contribution in [3.05, 3.63) is 35.8 Å². The van der Waals surface area contributed by atoms with Crippen LogP contribution in [0.5, 0.6) is 0 Å². The van der Waals surface area contributed by atoms with Gasteiger partial charge in [0, 0.05) is 25.8 Å². The summed E-state index contributed by atoms with van der Waals surface area (Å²) < 4.78 is 1.89. The molecule has 0 bridgehead atoms. The highest BCUT2D eigenvalue weighted by Gasteiger charge is 2.25. The summed E-state index contributed by atoms with van der Waals surface area (Å²) in [7, 11) is 0. The third-order valence-electron chi connectivity index (χ3n) is 4.19. The molecule has 120 valence electrons. The van der Waals surface area contributed by atoms with Crippen molar-refractivity contribution in [3.8, 4) is 0 Å². The van der Waals surface area contributed by atoms with Crippen molar-refractivity contribution in [3.63, 3.8) is 0 Å². The Balaban J connectivity index is 1.36. The van der Waals surface area contributed by atoms with Crippen LogP contribution in [0.2, 0.25) is 0 Å². The zero-order valence-corrected chi connectivity index (χ0v) is 14.2. The van der Waals surface area contributed by atoms with Gasteiger partial charge in [0.15, 0.2) is 0 Å². The molecular weight excluding hydrogens is 308 g/mol. The van der Waals surface area contributed by atoms with Gasteiger partial charge in [0.25, 0.3) is 0 Å². The van der Waals surface area contributed by atoms with Gasteiger partial charge in [0.2, 0.25) is 10.1 Å². The molecule has 1 saturated heterocycles. The average molecular weight is 328 g/mol. The zero-order valence-electron chi connectivity index (χ0n) is 13.4. The predicted octanol–water partition coefficient (Wildman–Crippen LogP) is 2.74. The largest absolute Gasteiger partial charge is 0.370 e. The SMILES string of the molecule is Cc1ccc(NC[C@@H]2CCN(c3nn4cc(C)nc4s3)C2)nc1. The van der Waals surface area contributed by atoms with E-state index in [0.717, 1.165) is 41.2 Å². The Kier molecular flexibility index (Phi) is 3.65. The van der Waals surface area contributed by atoms with E-state index in [4.69, 9.17) is 0 Å². The van der Waals surface area contributed by atoms with Crippen molar-refractivity contribution in [1.29, 1.82) is 0 Å². The second-order valence-electron chi connectivity index (χ2n) is 6.20. The predicted molar refractivity (Wildman–Crippen MR) is 93.4 cm³/mol. The number of nitrogens with one attached hydrogen (secondary N) is 1. The number of anilines is 2. The number of aromatic nitrogens is 4. The van der Waals surface area contributed by atoms with Gasteiger partial charge in [-0.15, -0.1) is 5.10 Å². The van der Waals surface area contributed by atoms with Gasteiger partial charge in [-0.1, -0.05) is 17.4 Å². The maximum Gasteiger partial charge on any atom is 0.214 e. The lowest BCUT2D eigenvalue weighted by atomic mass is 10.1. The zero-order chi connectivity index (χ0) is 15.8. The molecule has 6 nitrogen and oxygen atoms in total. The topological polar surface area (TPSA) is 58.4 Å². The molecule has 0 spiro atoms. The Labute approximate surface area is 139 Å². The van der Waals surface area contributed by atoms with E-state index in [9.17, 15) is 0 Å². The number of aryl methyl sites for hydroxylation is 2.